The van der Waals surface area contributed by atoms with E-state index in [4.69, 9.17) is 4.42 Å². The summed E-state index contributed by atoms with van der Waals surface area (Å²) in [6, 6.07) is 11.0. The van der Waals surface area contributed by atoms with Gasteiger partial charge in [-0.25, -0.2) is 0 Å². The van der Waals surface area contributed by atoms with Gasteiger partial charge in [-0.3, -0.25) is 0 Å². The topological polar surface area (TPSA) is 25.2 Å². The van der Waals surface area contributed by atoms with E-state index in [1.165, 1.54) is 36.0 Å². The van der Waals surface area contributed by atoms with Gasteiger partial charge in [0.05, 0.1) is 12.3 Å². The van der Waals surface area contributed by atoms with E-state index in [9.17, 15) is 0 Å². The summed E-state index contributed by atoms with van der Waals surface area (Å²) in [7, 11) is 0. The number of hydrogen-bond donors (Lipinski definition) is 1. The van der Waals surface area contributed by atoms with Gasteiger partial charge in [0, 0.05) is 0 Å². The number of aryl methyl sites for hydroxylation is 2. The molecule has 1 atom stereocenters. The van der Waals surface area contributed by atoms with Gasteiger partial charge in [0.2, 0.25) is 0 Å². The summed E-state index contributed by atoms with van der Waals surface area (Å²) >= 11 is 0. The van der Waals surface area contributed by atoms with Crippen LogP contribution in [0.3, 0.4) is 0 Å². The Morgan fingerprint density at radius 3 is 2.89 bits per heavy atom. The lowest BCUT2D eigenvalue weighted by Gasteiger charge is -2.17. The summed E-state index contributed by atoms with van der Waals surface area (Å²) in [6.07, 6.45) is 5.50. The summed E-state index contributed by atoms with van der Waals surface area (Å²) in [5.41, 5.74) is 4.35. The zero-order chi connectivity index (χ0) is 12.4. The first kappa shape index (κ1) is 11.5. The molecular weight excluding hydrogens is 222 g/mol. The van der Waals surface area contributed by atoms with Crippen molar-refractivity contribution in [3.8, 4) is 0 Å². The van der Waals surface area contributed by atoms with Crippen molar-refractivity contribution < 1.29 is 4.42 Å². The molecule has 0 spiro atoms. The molecular formula is C16H19NO. The number of hydrogen-bond acceptors (Lipinski definition) is 2. The molecule has 0 radical (unpaired) electrons. The average Bonchev–Trinajstić information content (AvgIpc) is 3.05. The largest absolute Gasteiger partial charge is 0.467 e. The molecule has 1 aromatic heterocycles. The van der Waals surface area contributed by atoms with Crippen molar-refractivity contribution in [1.82, 2.24) is 5.32 Å². The zero-order valence-electron chi connectivity index (χ0n) is 10.8. The van der Waals surface area contributed by atoms with E-state index in [-0.39, 0.29) is 6.04 Å². The second-order valence-electron chi connectivity index (χ2n) is 4.89. The van der Waals surface area contributed by atoms with Crippen LogP contribution in [0.1, 0.15) is 41.8 Å². The molecule has 0 aliphatic heterocycles. The van der Waals surface area contributed by atoms with Crippen LogP contribution in [0.4, 0.5) is 0 Å². The number of furan rings is 1. The minimum absolute atomic E-state index is 0.177. The molecule has 1 aliphatic rings. The Balaban J connectivity index is 1.95. The standard InChI is InChI=1S/C16H19NO/c1-2-17-16(15-7-4-10-18-15)14-9-8-12-5-3-6-13(12)11-14/h4,7-11,16-17H,2-3,5-6H2,1H3. The number of benzene rings is 1. The third-order valence-corrected chi connectivity index (χ3v) is 3.69. The van der Waals surface area contributed by atoms with Crippen LogP contribution in [0.2, 0.25) is 0 Å². The molecule has 0 saturated heterocycles. The van der Waals surface area contributed by atoms with E-state index in [1.54, 1.807) is 6.26 Å². The molecule has 0 amide bonds. The van der Waals surface area contributed by atoms with Gasteiger partial charge >= 0.3 is 0 Å². The van der Waals surface area contributed by atoms with Crippen molar-refractivity contribution in [3.05, 3.63) is 59.0 Å². The van der Waals surface area contributed by atoms with Crippen molar-refractivity contribution in [2.75, 3.05) is 6.54 Å². The van der Waals surface area contributed by atoms with Gasteiger partial charge in [-0.2, -0.15) is 0 Å². The van der Waals surface area contributed by atoms with Crippen LogP contribution in [0.15, 0.2) is 41.0 Å². The summed E-state index contributed by atoms with van der Waals surface area (Å²) in [5, 5.41) is 3.50. The first-order valence-corrected chi connectivity index (χ1v) is 6.77. The van der Waals surface area contributed by atoms with E-state index < -0.39 is 0 Å². The Kier molecular flexibility index (Phi) is 3.20. The third-order valence-electron chi connectivity index (χ3n) is 3.69. The van der Waals surface area contributed by atoms with E-state index in [2.05, 4.69) is 30.4 Å². The van der Waals surface area contributed by atoms with Gasteiger partial charge in [0.25, 0.3) is 0 Å². The van der Waals surface area contributed by atoms with Gasteiger partial charge < -0.3 is 9.73 Å². The Hall–Kier alpha value is -1.54. The van der Waals surface area contributed by atoms with E-state index in [0.29, 0.717) is 0 Å². The predicted molar refractivity (Wildman–Crippen MR) is 72.7 cm³/mol. The fourth-order valence-corrected chi connectivity index (χ4v) is 2.81. The second-order valence-corrected chi connectivity index (χ2v) is 4.89. The molecule has 0 fully saturated rings. The molecule has 2 heteroatoms. The van der Waals surface area contributed by atoms with Crippen LogP contribution in [-0.4, -0.2) is 6.54 Å². The Morgan fingerprint density at radius 2 is 2.11 bits per heavy atom. The predicted octanol–water partition coefficient (Wildman–Crippen LogP) is 3.47. The van der Waals surface area contributed by atoms with Crippen LogP contribution in [-0.2, 0) is 12.8 Å². The molecule has 1 aromatic carbocycles. The van der Waals surface area contributed by atoms with Crippen molar-refractivity contribution in [2.45, 2.75) is 32.2 Å². The maximum atomic E-state index is 5.56. The van der Waals surface area contributed by atoms with Crippen molar-refractivity contribution in [2.24, 2.45) is 0 Å². The van der Waals surface area contributed by atoms with E-state index in [0.717, 1.165) is 12.3 Å². The fourth-order valence-electron chi connectivity index (χ4n) is 2.81. The SMILES string of the molecule is CCNC(c1ccc2c(c1)CCC2)c1ccco1. The quantitative estimate of drug-likeness (QED) is 0.886. The molecule has 1 aliphatic carbocycles. The summed E-state index contributed by atoms with van der Waals surface area (Å²) in [6.45, 7) is 3.06. The van der Waals surface area contributed by atoms with Gasteiger partial charge in [-0.15, -0.1) is 0 Å². The first-order chi connectivity index (χ1) is 8.88. The lowest BCUT2D eigenvalue weighted by Crippen LogP contribution is -2.21. The number of fused-ring (bicyclic) bond motifs is 1. The van der Waals surface area contributed by atoms with Crippen LogP contribution in [0.5, 0.6) is 0 Å². The summed E-state index contributed by atoms with van der Waals surface area (Å²) in [4.78, 5) is 0. The maximum absolute atomic E-state index is 5.56. The highest BCUT2D eigenvalue weighted by Crippen LogP contribution is 2.28. The molecule has 2 aromatic rings. The fraction of sp³-hybridized carbons (Fsp3) is 0.375. The summed E-state index contributed by atoms with van der Waals surface area (Å²) < 4.78 is 5.56. The third kappa shape index (κ3) is 2.08. The van der Waals surface area contributed by atoms with Gasteiger partial charge in [-0.1, -0.05) is 25.1 Å². The normalized spacial score (nSPS) is 15.6. The van der Waals surface area contributed by atoms with Crippen molar-refractivity contribution in [1.29, 1.82) is 0 Å². The Labute approximate surface area is 108 Å². The molecule has 1 heterocycles. The smallest absolute Gasteiger partial charge is 0.125 e. The average molecular weight is 241 g/mol. The molecule has 0 saturated carbocycles. The molecule has 2 nitrogen and oxygen atoms in total. The van der Waals surface area contributed by atoms with E-state index >= 15 is 0 Å². The van der Waals surface area contributed by atoms with Gasteiger partial charge in [-0.05, 0) is 54.6 Å². The van der Waals surface area contributed by atoms with Crippen LogP contribution < -0.4 is 5.32 Å². The van der Waals surface area contributed by atoms with E-state index in [1.807, 2.05) is 12.1 Å². The molecule has 0 bridgehead atoms. The van der Waals surface area contributed by atoms with Crippen LogP contribution in [0, 0.1) is 0 Å². The van der Waals surface area contributed by atoms with Crippen LogP contribution >= 0.6 is 0 Å². The first-order valence-electron chi connectivity index (χ1n) is 6.77. The second kappa shape index (κ2) is 4.99. The number of rotatable bonds is 4. The van der Waals surface area contributed by atoms with Gasteiger partial charge in [0.15, 0.2) is 0 Å². The highest BCUT2D eigenvalue weighted by molar-refractivity contribution is 5.38. The van der Waals surface area contributed by atoms with Crippen LogP contribution in [0.25, 0.3) is 0 Å². The highest BCUT2D eigenvalue weighted by atomic mass is 16.3. The van der Waals surface area contributed by atoms with Crippen molar-refractivity contribution in [3.63, 3.8) is 0 Å². The number of nitrogens with one attached hydrogen (secondary N) is 1. The molecule has 1 unspecified atom stereocenters. The van der Waals surface area contributed by atoms with Gasteiger partial charge in [0.1, 0.15) is 5.76 Å². The molecule has 18 heavy (non-hydrogen) atoms. The minimum Gasteiger partial charge on any atom is -0.467 e. The molecule has 1 N–H and O–H groups in total. The lowest BCUT2D eigenvalue weighted by molar-refractivity contribution is 0.452. The monoisotopic (exact) mass is 241 g/mol. The Morgan fingerprint density at radius 1 is 1.22 bits per heavy atom. The highest BCUT2D eigenvalue weighted by Gasteiger charge is 2.18. The molecule has 94 valence electrons. The Bertz CT molecular complexity index is 516. The molecule has 3 rings (SSSR count). The minimum atomic E-state index is 0.177. The lowest BCUT2D eigenvalue weighted by atomic mass is 9.99. The van der Waals surface area contributed by atoms with Crippen molar-refractivity contribution >= 4 is 0 Å². The summed E-state index contributed by atoms with van der Waals surface area (Å²) in [5.74, 6) is 0.995. The zero-order valence-corrected chi connectivity index (χ0v) is 10.8. The maximum Gasteiger partial charge on any atom is 0.125 e.